The van der Waals surface area contributed by atoms with Gasteiger partial charge in [-0.3, -0.25) is 4.79 Å². The standard InChI is InChI=1S/C16H21N3O3/c1-17-14-5-4-13(11-12(14)3-6-15(17)20)18-7-9-19(10-8-18)16(21)22-2/h4-5,11H,3,6-10H2,1-2H3. The lowest BCUT2D eigenvalue weighted by molar-refractivity contribution is -0.118. The highest BCUT2D eigenvalue weighted by atomic mass is 16.5. The number of benzene rings is 1. The van der Waals surface area contributed by atoms with Gasteiger partial charge in [0.05, 0.1) is 7.11 Å². The van der Waals surface area contributed by atoms with E-state index >= 15 is 0 Å². The fourth-order valence-corrected chi connectivity index (χ4v) is 3.12. The zero-order valence-electron chi connectivity index (χ0n) is 13.0. The monoisotopic (exact) mass is 303 g/mol. The average molecular weight is 303 g/mol. The Morgan fingerprint density at radius 1 is 1.14 bits per heavy atom. The Hall–Kier alpha value is -2.24. The molecule has 1 saturated heterocycles. The van der Waals surface area contributed by atoms with Crippen LogP contribution >= 0.6 is 0 Å². The molecule has 1 fully saturated rings. The summed E-state index contributed by atoms with van der Waals surface area (Å²) in [5.74, 6) is 0.173. The van der Waals surface area contributed by atoms with Crippen LogP contribution in [0.3, 0.4) is 0 Å². The van der Waals surface area contributed by atoms with E-state index in [-0.39, 0.29) is 12.0 Å². The summed E-state index contributed by atoms with van der Waals surface area (Å²) in [6.45, 7) is 2.93. The molecule has 22 heavy (non-hydrogen) atoms. The van der Waals surface area contributed by atoms with E-state index in [1.807, 2.05) is 13.1 Å². The quantitative estimate of drug-likeness (QED) is 0.788. The molecule has 0 saturated carbocycles. The summed E-state index contributed by atoms with van der Waals surface area (Å²) in [4.78, 5) is 29.0. The molecule has 0 aromatic heterocycles. The zero-order chi connectivity index (χ0) is 15.7. The smallest absolute Gasteiger partial charge is 0.409 e. The van der Waals surface area contributed by atoms with Gasteiger partial charge >= 0.3 is 6.09 Å². The van der Waals surface area contributed by atoms with Gasteiger partial charge in [0, 0.05) is 51.0 Å². The molecule has 118 valence electrons. The molecule has 0 N–H and O–H groups in total. The first-order valence-corrected chi connectivity index (χ1v) is 7.57. The molecule has 0 unspecified atom stereocenters. The number of hydrogen-bond donors (Lipinski definition) is 0. The SMILES string of the molecule is COC(=O)N1CCN(c2ccc3c(c2)CCC(=O)N3C)CC1. The molecule has 0 atom stereocenters. The number of amides is 2. The van der Waals surface area contributed by atoms with E-state index < -0.39 is 0 Å². The number of aryl methyl sites for hydroxylation is 1. The van der Waals surface area contributed by atoms with Gasteiger partial charge in [-0.2, -0.15) is 0 Å². The fraction of sp³-hybridized carbons (Fsp3) is 0.500. The molecule has 2 heterocycles. The Balaban J connectivity index is 1.72. The Bertz CT molecular complexity index is 594. The van der Waals surface area contributed by atoms with E-state index in [1.165, 1.54) is 12.7 Å². The van der Waals surface area contributed by atoms with E-state index in [4.69, 9.17) is 4.74 Å². The predicted molar refractivity (Wildman–Crippen MR) is 84.4 cm³/mol. The minimum absolute atomic E-state index is 0.173. The minimum atomic E-state index is -0.259. The first-order chi connectivity index (χ1) is 10.6. The number of carbonyl (C=O) groups is 2. The summed E-state index contributed by atoms with van der Waals surface area (Å²) in [5.41, 5.74) is 3.38. The highest BCUT2D eigenvalue weighted by Gasteiger charge is 2.24. The van der Waals surface area contributed by atoms with Crippen molar-refractivity contribution >= 4 is 23.4 Å². The molecule has 2 amide bonds. The van der Waals surface area contributed by atoms with Gasteiger partial charge in [0.25, 0.3) is 0 Å². The third kappa shape index (κ3) is 2.61. The molecular weight excluding hydrogens is 282 g/mol. The first-order valence-electron chi connectivity index (χ1n) is 7.57. The third-order valence-corrected chi connectivity index (χ3v) is 4.48. The van der Waals surface area contributed by atoms with Crippen molar-refractivity contribution in [2.24, 2.45) is 0 Å². The van der Waals surface area contributed by atoms with Gasteiger partial charge in [-0.05, 0) is 30.2 Å². The highest BCUT2D eigenvalue weighted by molar-refractivity contribution is 5.96. The van der Waals surface area contributed by atoms with Crippen LogP contribution in [0.15, 0.2) is 18.2 Å². The van der Waals surface area contributed by atoms with Crippen molar-refractivity contribution in [1.82, 2.24) is 4.90 Å². The van der Waals surface area contributed by atoms with Crippen molar-refractivity contribution in [3.8, 4) is 0 Å². The van der Waals surface area contributed by atoms with E-state index in [9.17, 15) is 9.59 Å². The van der Waals surface area contributed by atoms with Crippen molar-refractivity contribution in [2.75, 3.05) is 50.1 Å². The summed E-state index contributed by atoms with van der Waals surface area (Å²) in [7, 11) is 3.24. The lowest BCUT2D eigenvalue weighted by atomic mass is 10.0. The van der Waals surface area contributed by atoms with Crippen LogP contribution in [0.25, 0.3) is 0 Å². The van der Waals surface area contributed by atoms with Crippen LogP contribution in [0.5, 0.6) is 0 Å². The fourth-order valence-electron chi connectivity index (χ4n) is 3.12. The van der Waals surface area contributed by atoms with Gasteiger partial charge in [0.15, 0.2) is 0 Å². The largest absolute Gasteiger partial charge is 0.453 e. The van der Waals surface area contributed by atoms with Crippen LogP contribution in [0.2, 0.25) is 0 Å². The van der Waals surface area contributed by atoms with Crippen LogP contribution in [-0.2, 0) is 16.0 Å². The predicted octanol–water partition coefficient (Wildman–Crippen LogP) is 1.48. The third-order valence-electron chi connectivity index (χ3n) is 4.48. The molecule has 2 aliphatic rings. The van der Waals surface area contributed by atoms with Crippen molar-refractivity contribution in [1.29, 1.82) is 0 Å². The van der Waals surface area contributed by atoms with E-state index in [0.29, 0.717) is 19.5 Å². The van der Waals surface area contributed by atoms with Crippen molar-refractivity contribution < 1.29 is 14.3 Å². The van der Waals surface area contributed by atoms with Gasteiger partial charge in [0.2, 0.25) is 5.91 Å². The Labute approximate surface area is 130 Å². The maximum Gasteiger partial charge on any atom is 0.409 e. The zero-order valence-corrected chi connectivity index (χ0v) is 13.0. The first kappa shape index (κ1) is 14.7. The second-order valence-electron chi connectivity index (χ2n) is 5.71. The lowest BCUT2D eigenvalue weighted by Gasteiger charge is -2.36. The summed E-state index contributed by atoms with van der Waals surface area (Å²) < 4.78 is 4.76. The number of piperazine rings is 1. The molecule has 0 bridgehead atoms. The van der Waals surface area contributed by atoms with E-state index in [2.05, 4.69) is 17.0 Å². The van der Waals surface area contributed by atoms with Crippen LogP contribution in [-0.4, -0.2) is 57.2 Å². The second kappa shape index (κ2) is 5.87. The molecule has 1 aromatic carbocycles. The average Bonchev–Trinajstić information content (AvgIpc) is 2.57. The number of fused-ring (bicyclic) bond motifs is 1. The maximum atomic E-state index is 11.7. The summed E-state index contributed by atoms with van der Waals surface area (Å²) >= 11 is 0. The van der Waals surface area contributed by atoms with Gasteiger partial charge in [0.1, 0.15) is 0 Å². The van der Waals surface area contributed by atoms with Crippen molar-refractivity contribution in [3.05, 3.63) is 23.8 Å². The van der Waals surface area contributed by atoms with Crippen LogP contribution < -0.4 is 9.80 Å². The van der Waals surface area contributed by atoms with Crippen LogP contribution in [0.4, 0.5) is 16.2 Å². The molecule has 2 aliphatic heterocycles. The Morgan fingerprint density at radius 2 is 1.86 bits per heavy atom. The molecule has 1 aromatic rings. The number of carbonyl (C=O) groups excluding carboxylic acids is 2. The topological polar surface area (TPSA) is 53.1 Å². The van der Waals surface area contributed by atoms with E-state index in [0.717, 1.165) is 30.9 Å². The highest BCUT2D eigenvalue weighted by Crippen LogP contribution is 2.31. The number of rotatable bonds is 1. The van der Waals surface area contributed by atoms with Gasteiger partial charge < -0.3 is 19.4 Å². The van der Waals surface area contributed by atoms with E-state index in [1.54, 1.807) is 9.80 Å². The number of anilines is 2. The molecule has 0 spiro atoms. The number of nitrogens with zero attached hydrogens (tertiary/aromatic N) is 3. The van der Waals surface area contributed by atoms with Crippen LogP contribution in [0, 0.1) is 0 Å². The minimum Gasteiger partial charge on any atom is -0.453 e. The molecule has 6 heteroatoms. The van der Waals surface area contributed by atoms with Crippen molar-refractivity contribution in [2.45, 2.75) is 12.8 Å². The normalized spacial score (nSPS) is 18.3. The second-order valence-corrected chi connectivity index (χ2v) is 5.71. The molecular formula is C16H21N3O3. The lowest BCUT2D eigenvalue weighted by Crippen LogP contribution is -2.48. The van der Waals surface area contributed by atoms with Crippen LogP contribution in [0.1, 0.15) is 12.0 Å². The van der Waals surface area contributed by atoms with Gasteiger partial charge in [-0.1, -0.05) is 0 Å². The number of hydrogen-bond acceptors (Lipinski definition) is 4. The molecule has 6 nitrogen and oxygen atoms in total. The van der Waals surface area contributed by atoms with Gasteiger partial charge in [-0.15, -0.1) is 0 Å². The summed E-state index contributed by atoms with van der Waals surface area (Å²) in [6.07, 6.45) is 1.11. The maximum absolute atomic E-state index is 11.7. The van der Waals surface area contributed by atoms with Crippen molar-refractivity contribution in [3.63, 3.8) is 0 Å². The molecule has 0 aliphatic carbocycles. The number of methoxy groups -OCH3 is 1. The summed E-state index contributed by atoms with van der Waals surface area (Å²) in [6, 6.07) is 6.25. The summed E-state index contributed by atoms with van der Waals surface area (Å²) in [5, 5.41) is 0. The number of ether oxygens (including phenoxy) is 1. The molecule has 3 rings (SSSR count). The Kier molecular flexibility index (Phi) is 3.92. The Morgan fingerprint density at radius 3 is 2.55 bits per heavy atom. The van der Waals surface area contributed by atoms with Gasteiger partial charge in [-0.25, -0.2) is 4.79 Å². The molecule has 0 radical (unpaired) electrons.